The molecular formula is C15H14BrClFN. The van der Waals surface area contributed by atoms with Gasteiger partial charge in [-0.05, 0) is 43.3 Å². The van der Waals surface area contributed by atoms with Gasteiger partial charge in [0.2, 0.25) is 0 Å². The molecule has 1 N–H and O–H groups in total. The molecule has 4 heteroatoms. The molecule has 0 saturated heterocycles. The largest absolute Gasteiger partial charge is 0.309 e. The van der Waals surface area contributed by atoms with Crippen LogP contribution >= 0.6 is 27.5 Å². The quantitative estimate of drug-likeness (QED) is 0.840. The first-order valence-corrected chi connectivity index (χ1v) is 7.09. The highest BCUT2D eigenvalue weighted by Crippen LogP contribution is 2.30. The molecule has 1 atom stereocenters. The lowest BCUT2D eigenvalue weighted by Gasteiger charge is -2.20. The van der Waals surface area contributed by atoms with Gasteiger partial charge in [0, 0.05) is 15.1 Å². The topological polar surface area (TPSA) is 12.0 Å². The van der Waals surface area contributed by atoms with Crippen LogP contribution in [0.3, 0.4) is 0 Å². The molecule has 2 aromatic carbocycles. The van der Waals surface area contributed by atoms with E-state index < -0.39 is 0 Å². The Morgan fingerprint density at radius 3 is 2.58 bits per heavy atom. The van der Waals surface area contributed by atoms with Crippen molar-refractivity contribution in [1.82, 2.24) is 5.32 Å². The third-order valence-electron chi connectivity index (χ3n) is 3.18. The number of benzene rings is 2. The summed E-state index contributed by atoms with van der Waals surface area (Å²) in [6.45, 7) is 2.01. The van der Waals surface area contributed by atoms with Gasteiger partial charge in [0.15, 0.2) is 0 Å². The first kappa shape index (κ1) is 14.5. The van der Waals surface area contributed by atoms with Gasteiger partial charge in [0.25, 0.3) is 0 Å². The number of halogens is 3. The molecule has 19 heavy (non-hydrogen) atoms. The second kappa shape index (κ2) is 6.04. The average molecular weight is 343 g/mol. The van der Waals surface area contributed by atoms with Crippen LogP contribution < -0.4 is 5.32 Å². The van der Waals surface area contributed by atoms with Crippen LogP contribution in [0.2, 0.25) is 5.02 Å². The van der Waals surface area contributed by atoms with E-state index >= 15 is 0 Å². The van der Waals surface area contributed by atoms with Crippen LogP contribution in [0.1, 0.15) is 22.7 Å². The number of rotatable bonds is 3. The standard InChI is InChI=1S/C15H14BrClFN/c1-9-11(4-3-5-13(9)16)15(19-2)12-7-6-10(17)8-14(12)18/h3-8,15,19H,1-2H3. The third kappa shape index (κ3) is 2.99. The average Bonchev–Trinajstić information content (AvgIpc) is 2.37. The Hall–Kier alpha value is -0.900. The zero-order valence-electron chi connectivity index (χ0n) is 10.7. The lowest BCUT2D eigenvalue weighted by atomic mass is 9.95. The molecule has 0 spiro atoms. The van der Waals surface area contributed by atoms with Crippen LogP contribution in [0.5, 0.6) is 0 Å². The van der Waals surface area contributed by atoms with Crippen molar-refractivity contribution >= 4 is 27.5 Å². The second-order valence-electron chi connectivity index (χ2n) is 4.34. The van der Waals surface area contributed by atoms with E-state index in [2.05, 4.69) is 21.2 Å². The first-order valence-electron chi connectivity index (χ1n) is 5.92. The minimum Gasteiger partial charge on any atom is -0.309 e. The fourth-order valence-electron chi connectivity index (χ4n) is 2.15. The minimum absolute atomic E-state index is 0.199. The Balaban J connectivity index is 2.53. The van der Waals surface area contributed by atoms with Crippen LogP contribution in [0.25, 0.3) is 0 Å². The van der Waals surface area contributed by atoms with Crippen LogP contribution in [0.15, 0.2) is 40.9 Å². The molecule has 0 aliphatic carbocycles. The summed E-state index contributed by atoms with van der Waals surface area (Å²) in [4.78, 5) is 0. The van der Waals surface area contributed by atoms with E-state index in [1.54, 1.807) is 12.1 Å². The Kier molecular flexibility index (Phi) is 4.61. The molecule has 100 valence electrons. The maximum atomic E-state index is 14.1. The van der Waals surface area contributed by atoms with Crippen molar-refractivity contribution in [1.29, 1.82) is 0 Å². The van der Waals surface area contributed by atoms with E-state index in [0.29, 0.717) is 10.6 Å². The molecule has 0 saturated carbocycles. The number of nitrogens with one attached hydrogen (secondary N) is 1. The minimum atomic E-state index is -0.300. The molecule has 2 rings (SSSR count). The van der Waals surface area contributed by atoms with Crippen LogP contribution in [-0.4, -0.2) is 7.05 Å². The van der Waals surface area contributed by atoms with Crippen molar-refractivity contribution in [2.75, 3.05) is 7.05 Å². The molecule has 0 radical (unpaired) electrons. The predicted molar refractivity (Wildman–Crippen MR) is 81.2 cm³/mol. The lowest BCUT2D eigenvalue weighted by molar-refractivity contribution is 0.575. The summed E-state index contributed by atoms with van der Waals surface area (Å²) in [5, 5.41) is 3.56. The Bertz CT molecular complexity index is 601. The zero-order valence-corrected chi connectivity index (χ0v) is 13.0. The van der Waals surface area contributed by atoms with Gasteiger partial charge in [-0.2, -0.15) is 0 Å². The predicted octanol–water partition coefficient (Wildman–Crippen LogP) is 4.86. The van der Waals surface area contributed by atoms with Gasteiger partial charge >= 0.3 is 0 Å². The van der Waals surface area contributed by atoms with Gasteiger partial charge in [0.05, 0.1) is 6.04 Å². The smallest absolute Gasteiger partial charge is 0.129 e. The SMILES string of the molecule is CNC(c1ccc(Cl)cc1F)c1cccc(Br)c1C. The summed E-state index contributed by atoms with van der Waals surface area (Å²) in [5.41, 5.74) is 2.72. The molecule has 0 aliphatic heterocycles. The fraction of sp³-hybridized carbons (Fsp3) is 0.200. The van der Waals surface area contributed by atoms with Gasteiger partial charge in [-0.15, -0.1) is 0 Å². The summed E-state index contributed by atoms with van der Waals surface area (Å²) in [6.07, 6.45) is 0. The van der Waals surface area contributed by atoms with Crippen molar-refractivity contribution in [2.24, 2.45) is 0 Å². The summed E-state index contributed by atoms with van der Waals surface area (Å²) < 4.78 is 15.1. The maximum absolute atomic E-state index is 14.1. The van der Waals surface area contributed by atoms with E-state index in [1.807, 2.05) is 32.2 Å². The van der Waals surface area contributed by atoms with Crippen molar-refractivity contribution < 1.29 is 4.39 Å². The highest BCUT2D eigenvalue weighted by Gasteiger charge is 2.18. The summed E-state index contributed by atoms with van der Waals surface area (Å²) >= 11 is 9.30. The second-order valence-corrected chi connectivity index (χ2v) is 5.63. The Morgan fingerprint density at radius 1 is 1.21 bits per heavy atom. The summed E-state index contributed by atoms with van der Waals surface area (Å²) in [5.74, 6) is -0.300. The molecule has 0 bridgehead atoms. The van der Waals surface area contributed by atoms with Crippen LogP contribution in [0, 0.1) is 12.7 Å². The molecule has 0 heterocycles. The zero-order chi connectivity index (χ0) is 14.0. The lowest BCUT2D eigenvalue weighted by Crippen LogP contribution is -2.20. The van der Waals surface area contributed by atoms with Gasteiger partial charge in [-0.25, -0.2) is 4.39 Å². The van der Waals surface area contributed by atoms with Gasteiger partial charge < -0.3 is 5.32 Å². The molecular weight excluding hydrogens is 329 g/mol. The summed E-state index contributed by atoms with van der Waals surface area (Å²) in [7, 11) is 1.82. The Morgan fingerprint density at radius 2 is 1.95 bits per heavy atom. The maximum Gasteiger partial charge on any atom is 0.129 e. The molecule has 0 aliphatic rings. The first-order chi connectivity index (χ1) is 9.04. The highest BCUT2D eigenvalue weighted by atomic mass is 79.9. The Labute approximate surface area is 125 Å². The molecule has 1 unspecified atom stereocenters. The van der Waals surface area contributed by atoms with E-state index in [4.69, 9.17) is 11.6 Å². The van der Waals surface area contributed by atoms with Crippen LogP contribution in [-0.2, 0) is 0 Å². The van der Waals surface area contributed by atoms with Crippen molar-refractivity contribution in [2.45, 2.75) is 13.0 Å². The van der Waals surface area contributed by atoms with Crippen LogP contribution in [0.4, 0.5) is 4.39 Å². The van der Waals surface area contributed by atoms with Gasteiger partial charge in [-0.3, -0.25) is 0 Å². The number of hydrogen-bond acceptors (Lipinski definition) is 1. The van der Waals surface area contributed by atoms with Gasteiger partial charge in [0.1, 0.15) is 5.82 Å². The third-order valence-corrected chi connectivity index (χ3v) is 4.28. The van der Waals surface area contributed by atoms with Gasteiger partial charge in [-0.1, -0.05) is 45.7 Å². The molecule has 0 aromatic heterocycles. The highest BCUT2D eigenvalue weighted by molar-refractivity contribution is 9.10. The van der Waals surface area contributed by atoms with Crippen molar-refractivity contribution in [3.8, 4) is 0 Å². The van der Waals surface area contributed by atoms with E-state index in [0.717, 1.165) is 15.6 Å². The van der Waals surface area contributed by atoms with E-state index in [-0.39, 0.29) is 11.9 Å². The van der Waals surface area contributed by atoms with Crippen molar-refractivity contribution in [3.63, 3.8) is 0 Å². The summed E-state index contributed by atoms with van der Waals surface area (Å²) in [6, 6.07) is 10.5. The molecule has 1 nitrogen and oxygen atoms in total. The fourth-order valence-corrected chi connectivity index (χ4v) is 2.69. The number of hydrogen-bond donors (Lipinski definition) is 1. The molecule has 0 fully saturated rings. The van der Waals surface area contributed by atoms with Crippen molar-refractivity contribution in [3.05, 3.63) is 68.4 Å². The van der Waals surface area contributed by atoms with E-state index in [1.165, 1.54) is 6.07 Å². The molecule has 2 aromatic rings. The van der Waals surface area contributed by atoms with E-state index in [9.17, 15) is 4.39 Å². The monoisotopic (exact) mass is 341 g/mol. The normalized spacial score (nSPS) is 12.5. The molecule has 0 amide bonds.